The highest BCUT2D eigenvalue weighted by atomic mass is 16.4. The lowest BCUT2D eigenvalue weighted by Gasteiger charge is -2.20. The van der Waals surface area contributed by atoms with Crippen molar-refractivity contribution in [1.82, 2.24) is 0 Å². The van der Waals surface area contributed by atoms with E-state index >= 15 is 0 Å². The van der Waals surface area contributed by atoms with Gasteiger partial charge in [0.25, 0.3) is 0 Å². The van der Waals surface area contributed by atoms with Crippen LogP contribution >= 0.6 is 0 Å². The second kappa shape index (κ2) is 12.2. The van der Waals surface area contributed by atoms with Gasteiger partial charge in [-0.3, -0.25) is 14.4 Å². The first-order chi connectivity index (χ1) is 12.0. The number of aliphatic hydroxyl groups is 1. The fourth-order valence-electron chi connectivity index (χ4n) is 3.81. The molecular formula is C20H34O5. The summed E-state index contributed by atoms with van der Waals surface area (Å²) in [6.45, 7) is 2.11. The Balaban J connectivity index is 2.31. The number of unbranched alkanes of at least 4 members (excludes halogenated alkanes) is 5. The molecule has 0 heterocycles. The van der Waals surface area contributed by atoms with Gasteiger partial charge in [-0.1, -0.05) is 39.0 Å². The number of Topliss-reactive ketones (excluding diaryl/α,β-unsaturated/α-hetero) is 2. The van der Waals surface area contributed by atoms with Gasteiger partial charge in [-0.05, 0) is 31.6 Å². The quantitative estimate of drug-likeness (QED) is 0.462. The van der Waals surface area contributed by atoms with Crippen LogP contribution in [0.4, 0.5) is 0 Å². The summed E-state index contributed by atoms with van der Waals surface area (Å²) in [4.78, 5) is 34.6. The normalized spacial score (nSPS) is 23.1. The molecule has 25 heavy (non-hydrogen) atoms. The van der Waals surface area contributed by atoms with Gasteiger partial charge >= 0.3 is 5.97 Å². The van der Waals surface area contributed by atoms with Gasteiger partial charge in [0, 0.05) is 31.6 Å². The summed E-state index contributed by atoms with van der Waals surface area (Å²) in [6, 6.07) is 0. The third-order valence-electron chi connectivity index (χ3n) is 5.31. The Morgan fingerprint density at radius 2 is 1.64 bits per heavy atom. The topological polar surface area (TPSA) is 91.7 Å². The Labute approximate surface area is 151 Å². The fraction of sp³-hybridized carbons (Fsp3) is 0.850. The van der Waals surface area contributed by atoms with Gasteiger partial charge in [-0.2, -0.15) is 0 Å². The van der Waals surface area contributed by atoms with E-state index in [1.165, 1.54) is 0 Å². The van der Waals surface area contributed by atoms with E-state index in [1.807, 2.05) is 0 Å². The van der Waals surface area contributed by atoms with Gasteiger partial charge in [-0.15, -0.1) is 0 Å². The summed E-state index contributed by atoms with van der Waals surface area (Å²) < 4.78 is 0. The lowest BCUT2D eigenvalue weighted by molar-refractivity contribution is -0.137. The minimum atomic E-state index is -0.763. The van der Waals surface area contributed by atoms with Gasteiger partial charge in [0.1, 0.15) is 11.6 Å². The lowest BCUT2D eigenvalue weighted by atomic mass is 9.85. The molecule has 1 fully saturated rings. The number of carbonyl (C=O) groups is 3. The number of carbonyl (C=O) groups excluding carboxylic acids is 2. The minimum Gasteiger partial charge on any atom is -0.481 e. The Morgan fingerprint density at radius 1 is 0.960 bits per heavy atom. The monoisotopic (exact) mass is 354 g/mol. The maximum Gasteiger partial charge on any atom is 0.303 e. The molecule has 1 aliphatic rings. The fourth-order valence-corrected chi connectivity index (χ4v) is 3.81. The molecule has 144 valence electrons. The van der Waals surface area contributed by atoms with E-state index in [-0.39, 0.29) is 36.2 Å². The van der Waals surface area contributed by atoms with Crippen LogP contribution in [0.5, 0.6) is 0 Å². The average Bonchev–Trinajstić information content (AvgIpc) is 2.82. The number of aliphatic carboxylic acids is 1. The molecule has 1 saturated carbocycles. The van der Waals surface area contributed by atoms with Crippen LogP contribution < -0.4 is 0 Å². The molecule has 0 aliphatic heterocycles. The largest absolute Gasteiger partial charge is 0.481 e. The van der Waals surface area contributed by atoms with E-state index in [1.54, 1.807) is 0 Å². The van der Waals surface area contributed by atoms with E-state index in [9.17, 15) is 19.5 Å². The van der Waals surface area contributed by atoms with Crippen molar-refractivity contribution in [3.05, 3.63) is 0 Å². The van der Waals surface area contributed by atoms with Crippen LogP contribution in [0.2, 0.25) is 0 Å². The van der Waals surface area contributed by atoms with E-state index in [2.05, 4.69) is 6.92 Å². The van der Waals surface area contributed by atoms with Gasteiger partial charge < -0.3 is 10.2 Å². The van der Waals surface area contributed by atoms with Gasteiger partial charge in [0.15, 0.2) is 0 Å². The molecule has 3 atom stereocenters. The molecule has 5 nitrogen and oxygen atoms in total. The number of ketones is 2. The smallest absolute Gasteiger partial charge is 0.303 e. The molecule has 0 aromatic rings. The number of hydrogen-bond donors (Lipinski definition) is 2. The molecule has 0 radical (unpaired) electrons. The Morgan fingerprint density at radius 3 is 2.32 bits per heavy atom. The Hall–Kier alpha value is -1.23. The summed E-state index contributed by atoms with van der Waals surface area (Å²) in [5.41, 5.74) is 0. The maximum atomic E-state index is 12.1. The van der Waals surface area contributed by atoms with Crippen LogP contribution in [0, 0.1) is 11.8 Å². The van der Waals surface area contributed by atoms with Gasteiger partial charge in [-0.25, -0.2) is 0 Å². The van der Waals surface area contributed by atoms with Crippen LogP contribution in [0.15, 0.2) is 0 Å². The molecule has 1 rings (SSSR count). The Kier molecular flexibility index (Phi) is 10.6. The van der Waals surface area contributed by atoms with Crippen molar-refractivity contribution in [2.45, 2.75) is 96.5 Å². The van der Waals surface area contributed by atoms with Crippen molar-refractivity contribution in [2.75, 3.05) is 0 Å². The molecule has 2 N–H and O–H groups in total. The second-order valence-corrected chi connectivity index (χ2v) is 7.39. The highest BCUT2D eigenvalue weighted by Crippen LogP contribution is 2.36. The van der Waals surface area contributed by atoms with Gasteiger partial charge in [0.05, 0.1) is 6.10 Å². The average molecular weight is 354 g/mol. The molecule has 0 saturated heterocycles. The van der Waals surface area contributed by atoms with Crippen LogP contribution in [0.25, 0.3) is 0 Å². The first kappa shape index (κ1) is 21.8. The predicted octanol–water partition coefficient (Wildman–Crippen LogP) is 3.91. The maximum absolute atomic E-state index is 12.1. The zero-order chi connectivity index (χ0) is 18.7. The van der Waals surface area contributed by atoms with Crippen molar-refractivity contribution in [2.24, 2.45) is 11.8 Å². The minimum absolute atomic E-state index is 0.0320. The number of rotatable bonds is 14. The molecule has 0 unspecified atom stereocenters. The number of carboxylic acids is 1. The third kappa shape index (κ3) is 8.61. The lowest BCUT2D eigenvalue weighted by Crippen LogP contribution is -2.21. The SMILES string of the molecule is CCCCCC(=O)CC[C@H]1C(=O)C[C@H](O)[C@@H]1CCCCCCC(=O)O. The van der Waals surface area contributed by atoms with Crippen molar-refractivity contribution in [3.63, 3.8) is 0 Å². The number of carboxylic acid groups (broad SMARTS) is 1. The summed E-state index contributed by atoms with van der Waals surface area (Å²) in [5.74, 6) is -0.639. The van der Waals surface area contributed by atoms with Crippen LogP contribution in [-0.2, 0) is 14.4 Å². The standard InChI is InChI=1S/C20H34O5/c1-2-3-6-9-15(21)12-13-17-16(18(22)14-19(17)23)10-7-4-5-8-11-20(24)25/h16-18,22H,2-14H2,1H3,(H,24,25)/t16-,17-,18+/m1/s1. The molecule has 0 aromatic carbocycles. The van der Waals surface area contributed by atoms with Gasteiger partial charge in [0.2, 0.25) is 0 Å². The highest BCUT2D eigenvalue weighted by Gasteiger charge is 2.40. The van der Waals surface area contributed by atoms with E-state index in [0.717, 1.165) is 44.9 Å². The zero-order valence-corrected chi connectivity index (χ0v) is 15.5. The first-order valence-corrected chi connectivity index (χ1v) is 9.90. The zero-order valence-electron chi connectivity index (χ0n) is 15.5. The van der Waals surface area contributed by atoms with E-state index in [4.69, 9.17) is 5.11 Å². The first-order valence-electron chi connectivity index (χ1n) is 9.90. The molecule has 0 aromatic heterocycles. The molecule has 5 heteroatoms. The van der Waals surface area contributed by atoms with Crippen molar-refractivity contribution < 1.29 is 24.6 Å². The molecule has 0 bridgehead atoms. The van der Waals surface area contributed by atoms with E-state index in [0.29, 0.717) is 25.7 Å². The van der Waals surface area contributed by atoms with Crippen LogP contribution in [0.3, 0.4) is 0 Å². The van der Waals surface area contributed by atoms with Crippen LogP contribution in [0.1, 0.15) is 90.4 Å². The molecule has 1 aliphatic carbocycles. The summed E-state index contributed by atoms with van der Waals surface area (Å²) in [7, 11) is 0. The van der Waals surface area contributed by atoms with Crippen LogP contribution in [-0.4, -0.2) is 33.9 Å². The predicted molar refractivity (Wildman–Crippen MR) is 96.3 cm³/mol. The molecule has 0 spiro atoms. The third-order valence-corrected chi connectivity index (χ3v) is 5.31. The summed E-state index contributed by atoms with van der Waals surface area (Å²) >= 11 is 0. The number of aliphatic hydroxyl groups excluding tert-OH is 1. The Bertz CT molecular complexity index is 432. The summed E-state index contributed by atoms with van der Waals surface area (Å²) in [5, 5.41) is 18.8. The summed E-state index contributed by atoms with van der Waals surface area (Å²) in [6.07, 6.45) is 8.71. The van der Waals surface area contributed by atoms with E-state index < -0.39 is 12.1 Å². The highest BCUT2D eigenvalue weighted by molar-refractivity contribution is 5.85. The number of hydrogen-bond acceptors (Lipinski definition) is 4. The van der Waals surface area contributed by atoms with Crippen molar-refractivity contribution in [1.29, 1.82) is 0 Å². The van der Waals surface area contributed by atoms with Crippen molar-refractivity contribution >= 4 is 17.5 Å². The second-order valence-electron chi connectivity index (χ2n) is 7.39. The molecular weight excluding hydrogens is 320 g/mol. The molecule has 0 amide bonds. The van der Waals surface area contributed by atoms with Crippen molar-refractivity contribution in [3.8, 4) is 0 Å².